The van der Waals surface area contributed by atoms with Gasteiger partial charge in [0.2, 0.25) is 0 Å². The molecule has 0 bridgehead atoms. The molecule has 1 N–H and O–H groups in total. The molecular weight excluding hydrogens is 261 g/mol. The van der Waals surface area contributed by atoms with Crippen LogP contribution in [0.25, 0.3) is 0 Å². The smallest absolute Gasteiger partial charge is 0.128 e. The van der Waals surface area contributed by atoms with Gasteiger partial charge >= 0.3 is 0 Å². The summed E-state index contributed by atoms with van der Waals surface area (Å²) in [6.07, 6.45) is 2.02. The summed E-state index contributed by atoms with van der Waals surface area (Å²) in [6.45, 7) is 7.05. The maximum absolute atomic E-state index is 14.4. The molecule has 2 rings (SSSR count). The molecule has 0 fully saturated rings. The van der Waals surface area contributed by atoms with Crippen LogP contribution in [0.15, 0.2) is 42.5 Å². The second-order valence-corrected chi connectivity index (χ2v) is 5.51. The van der Waals surface area contributed by atoms with Crippen LogP contribution in [-0.4, -0.2) is 6.54 Å². The van der Waals surface area contributed by atoms with Crippen molar-refractivity contribution < 1.29 is 4.39 Å². The van der Waals surface area contributed by atoms with Gasteiger partial charge in [-0.3, -0.25) is 0 Å². The molecular formula is C19H24FN. The summed E-state index contributed by atoms with van der Waals surface area (Å²) in [5.41, 5.74) is 4.09. The van der Waals surface area contributed by atoms with Gasteiger partial charge < -0.3 is 5.32 Å². The normalized spacial score (nSPS) is 12.4. The minimum atomic E-state index is -0.134. The van der Waals surface area contributed by atoms with E-state index in [1.54, 1.807) is 6.07 Å². The lowest BCUT2D eigenvalue weighted by Gasteiger charge is -2.21. The number of hydrogen-bond donors (Lipinski definition) is 1. The zero-order chi connectivity index (χ0) is 15.2. The molecule has 0 aliphatic rings. The molecule has 2 aromatic rings. The van der Waals surface area contributed by atoms with Crippen LogP contribution in [0, 0.1) is 12.7 Å². The summed E-state index contributed by atoms with van der Waals surface area (Å²) in [4.78, 5) is 0. The van der Waals surface area contributed by atoms with Crippen LogP contribution in [0.3, 0.4) is 0 Å². The number of nitrogens with one attached hydrogen (secondary N) is 1. The third-order valence-electron chi connectivity index (χ3n) is 3.76. The molecule has 2 aromatic carbocycles. The van der Waals surface area contributed by atoms with Crippen LogP contribution in [-0.2, 0) is 6.42 Å². The van der Waals surface area contributed by atoms with E-state index >= 15 is 0 Å². The summed E-state index contributed by atoms with van der Waals surface area (Å²) in [5, 5.41) is 3.47. The summed E-state index contributed by atoms with van der Waals surface area (Å²) in [6, 6.07) is 13.8. The Morgan fingerprint density at radius 2 is 1.90 bits per heavy atom. The third-order valence-corrected chi connectivity index (χ3v) is 3.76. The van der Waals surface area contributed by atoms with E-state index in [9.17, 15) is 4.39 Å². The van der Waals surface area contributed by atoms with E-state index in [-0.39, 0.29) is 11.9 Å². The average molecular weight is 285 g/mol. The number of benzene rings is 2. The Morgan fingerprint density at radius 1 is 1.10 bits per heavy atom. The Morgan fingerprint density at radius 3 is 2.57 bits per heavy atom. The van der Waals surface area contributed by atoms with Crippen molar-refractivity contribution >= 4 is 0 Å². The van der Waals surface area contributed by atoms with E-state index in [2.05, 4.69) is 43.4 Å². The molecule has 1 unspecified atom stereocenters. The Balaban J connectivity index is 2.41. The van der Waals surface area contributed by atoms with Gasteiger partial charge in [-0.05, 0) is 49.1 Å². The maximum atomic E-state index is 14.4. The van der Waals surface area contributed by atoms with Gasteiger partial charge in [-0.2, -0.15) is 0 Å². The highest BCUT2D eigenvalue weighted by atomic mass is 19.1. The minimum Gasteiger partial charge on any atom is -0.306 e. The third kappa shape index (κ3) is 3.92. The van der Waals surface area contributed by atoms with Gasteiger partial charge in [0, 0.05) is 5.56 Å². The molecule has 0 saturated heterocycles. The monoisotopic (exact) mass is 285 g/mol. The first-order valence-corrected chi connectivity index (χ1v) is 7.74. The van der Waals surface area contributed by atoms with Gasteiger partial charge in [0.05, 0.1) is 6.04 Å². The standard InChI is InChI=1S/C19H24FN/c1-4-11-21-19(16-8-6-7-15(5-2)13-16)17-10-9-14(3)12-18(17)20/h6-10,12-13,19,21H,4-5,11H2,1-3H3. The second kappa shape index (κ2) is 7.37. The lowest BCUT2D eigenvalue weighted by Crippen LogP contribution is -2.24. The highest BCUT2D eigenvalue weighted by Crippen LogP contribution is 2.26. The van der Waals surface area contributed by atoms with Gasteiger partial charge in [-0.1, -0.05) is 50.2 Å². The van der Waals surface area contributed by atoms with Gasteiger partial charge in [0.25, 0.3) is 0 Å². The molecule has 21 heavy (non-hydrogen) atoms. The fourth-order valence-electron chi connectivity index (χ4n) is 2.55. The molecule has 0 saturated carbocycles. The molecule has 1 nitrogen and oxygen atoms in total. The minimum absolute atomic E-state index is 0.0861. The first kappa shape index (κ1) is 15.7. The van der Waals surface area contributed by atoms with E-state index < -0.39 is 0 Å². The van der Waals surface area contributed by atoms with Crippen molar-refractivity contribution in [2.24, 2.45) is 0 Å². The first-order chi connectivity index (χ1) is 10.2. The molecule has 1 atom stereocenters. The largest absolute Gasteiger partial charge is 0.306 e. The predicted molar refractivity (Wildman–Crippen MR) is 87.1 cm³/mol. The molecule has 0 aliphatic heterocycles. The molecule has 0 aromatic heterocycles. The van der Waals surface area contributed by atoms with Crippen molar-refractivity contribution in [2.45, 2.75) is 39.7 Å². The average Bonchev–Trinajstić information content (AvgIpc) is 2.49. The number of hydrogen-bond acceptors (Lipinski definition) is 1. The fourth-order valence-corrected chi connectivity index (χ4v) is 2.55. The van der Waals surface area contributed by atoms with Crippen molar-refractivity contribution in [1.29, 1.82) is 0 Å². The van der Waals surface area contributed by atoms with Crippen LogP contribution in [0.1, 0.15) is 48.6 Å². The highest BCUT2D eigenvalue weighted by Gasteiger charge is 2.17. The first-order valence-electron chi connectivity index (χ1n) is 7.74. The molecule has 0 radical (unpaired) electrons. The van der Waals surface area contributed by atoms with E-state index in [1.807, 2.05) is 19.1 Å². The van der Waals surface area contributed by atoms with Crippen LogP contribution >= 0.6 is 0 Å². The molecule has 0 heterocycles. The molecule has 0 aliphatic carbocycles. The fraction of sp³-hybridized carbons (Fsp3) is 0.368. The number of halogens is 1. The summed E-state index contributed by atoms with van der Waals surface area (Å²) < 4.78 is 14.4. The SMILES string of the molecule is CCCNC(c1cccc(CC)c1)c1ccc(C)cc1F. The van der Waals surface area contributed by atoms with Crippen molar-refractivity contribution in [3.63, 3.8) is 0 Å². The van der Waals surface area contributed by atoms with E-state index in [0.717, 1.165) is 36.1 Å². The molecule has 2 heteroatoms. The quantitative estimate of drug-likeness (QED) is 0.805. The lowest BCUT2D eigenvalue weighted by atomic mass is 9.95. The number of rotatable bonds is 6. The van der Waals surface area contributed by atoms with E-state index in [4.69, 9.17) is 0 Å². The predicted octanol–water partition coefficient (Wildman–Crippen LogP) is 4.79. The van der Waals surface area contributed by atoms with Crippen molar-refractivity contribution in [2.75, 3.05) is 6.54 Å². The number of aryl methyl sites for hydroxylation is 2. The molecule has 0 amide bonds. The Bertz CT molecular complexity index is 592. The van der Waals surface area contributed by atoms with Gasteiger partial charge in [-0.25, -0.2) is 4.39 Å². The Labute approximate surface area is 127 Å². The van der Waals surface area contributed by atoms with E-state index in [0.29, 0.717) is 0 Å². The zero-order valence-corrected chi connectivity index (χ0v) is 13.1. The molecule has 112 valence electrons. The maximum Gasteiger partial charge on any atom is 0.128 e. The second-order valence-electron chi connectivity index (χ2n) is 5.51. The summed E-state index contributed by atoms with van der Waals surface area (Å²) in [5.74, 6) is -0.134. The van der Waals surface area contributed by atoms with Crippen LogP contribution in [0.4, 0.5) is 4.39 Å². The lowest BCUT2D eigenvalue weighted by molar-refractivity contribution is 0.546. The van der Waals surface area contributed by atoms with Gasteiger partial charge in [0.1, 0.15) is 5.82 Å². The van der Waals surface area contributed by atoms with E-state index in [1.165, 1.54) is 5.56 Å². The Hall–Kier alpha value is -1.67. The summed E-state index contributed by atoms with van der Waals surface area (Å²) in [7, 11) is 0. The molecule has 0 spiro atoms. The van der Waals surface area contributed by atoms with Crippen molar-refractivity contribution in [3.05, 3.63) is 70.5 Å². The van der Waals surface area contributed by atoms with Gasteiger partial charge in [0.15, 0.2) is 0 Å². The van der Waals surface area contributed by atoms with Crippen molar-refractivity contribution in [3.8, 4) is 0 Å². The topological polar surface area (TPSA) is 12.0 Å². The zero-order valence-electron chi connectivity index (χ0n) is 13.1. The van der Waals surface area contributed by atoms with Crippen LogP contribution in [0.2, 0.25) is 0 Å². The summed E-state index contributed by atoms with van der Waals surface area (Å²) >= 11 is 0. The van der Waals surface area contributed by atoms with Gasteiger partial charge in [-0.15, -0.1) is 0 Å². The van der Waals surface area contributed by atoms with Crippen LogP contribution in [0.5, 0.6) is 0 Å². The van der Waals surface area contributed by atoms with Crippen LogP contribution < -0.4 is 5.32 Å². The van der Waals surface area contributed by atoms with Crippen molar-refractivity contribution in [1.82, 2.24) is 5.32 Å². The Kier molecular flexibility index (Phi) is 5.51. The highest BCUT2D eigenvalue weighted by molar-refractivity contribution is 5.36.